The molecule has 2 aliphatic heterocycles. The second-order valence-corrected chi connectivity index (χ2v) is 8.31. The topological polar surface area (TPSA) is 93.1 Å². The van der Waals surface area contributed by atoms with Gasteiger partial charge in [-0.1, -0.05) is 20.3 Å². The Hall–Kier alpha value is -2.50. The predicted molar refractivity (Wildman–Crippen MR) is 105 cm³/mol. The number of phenols is 1. The molecule has 0 fully saturated rings. The molecule has 3 rings (SSSR count). The van der Waals surface area contributed by atoms with Crippen LogP contribution in [0.2, 0.25) is 0 Å². The Labute approximate surface area is 165 Å². The van der Waals surface area contributed by atoms with Crippen LogP contribution in [0.25, 0.3) is 6.08 Å². The molecule has 2 aliphatic rings. The minimum atomic E-state index is -0.959. The third-order valence-electron chi connectivity index (χ3n) is 5.60. The predicted octanol–water partition coefficient (Wildman–Crippen LogP) is 4.53. The first-order valence-electron chi connectivity index (χ1n) is 9.81. The lowest BCUT2D eigenvalue weighted by Crippen LogP contribution is -2.35. The molecule has 6 nitrogen and oxygen atoms in total. The summed E-state index contributed by atoms with van der Waals surface area (Å²) in [7, 11) is 0. The van der Waals surface area contributed by atoms with Crippen molar-refractivity contribution >= 4 is 17.8 Å². The molecular formula is C22H28O6. The highest BCUT2D eigenvalue weighted by atomic mass is 16.5. The zero-order chi connectivity index (χ0) is 20.8. The van der Waals surface area contributed by atoms with E-state index >= 15 is 0 Å². The molecule has 6 heteroatoms. The fourth-order valence-corrected chi connectivity index (χ4v) is 3.94. The fourth-order valence-electron chi connectivity index (χ4n) is 3.94. The number of carbonyl (C=O) groups excluding carboxylic acids is 1. The number of ketones is 1. The van der Waals surface area contributed by atoms with Crippen LogP contribution in [0.3, 0.4) is 0 Å². The van der Waals surface area contributed by atoms with Gasteiger partial charge in [0.05, 0.1) is 17.9 Å². The van der Waals surface area contributed by atoms with Crippen molar-refractivity contribution in [2.45, 2.75) is 71.5 Å². The van der Waals surface area contributed by atoms with Crippen LogP contribution >= 0.6 is 0 Å². The van der Waals surface area contributed by atoms with E-state index in [2.05, 4.69) is 0 Å². The van der Waals surface area contributed by atoms with Crippen LogP contribution in [0.5, 0.6) is 17.2 Å². The molecule has 1 aromatic carbocycles. The first kappa shape index (κ1) is 20.2. The van der Waals surface area contributed by atoms with Crippen molar-refractivity contribution in [2.75, 3.05) is 0 Å². The van der Waals surface area contributed by atoms with Gasteiger partial charge in [-0.05, 0) is 39.3 Å². The summed E-state index contributed by atoms with van der Waals surface area (Å²) in [5, 5.41) is 20.6. The molecule has 2 N–H and O–H groups in total. The van der Waals surface area contributed by atoms with Gasteiger partial charge in [-0.15, -0.1) is 0 Å². The van der Waals surface area contributed by atoms with E-state index in [4.69, 9.17) is 9.47 Å². The van der Waals surface area contributed by atoms with Gasteiger partial charge in [-0.2, -0.15) is 0 Å². The molecule has 0 saturated carbocycles. The van der Waals surface area contributed by atoms with Crippen LogP contribution in [0.4, 0.5) is 0 Å². The molecule has 2 heterocycles. The number of aromatic hydroxyl groups is 1. The summed E-state index contributed by atoms with van der Waals surface area (Å²) in [4.78, 5) is 24.5. The standard InChI is InChI=1S/C22H28O6/c1-6-7-13(10-15(23)24)16-19(26)17-18(25)11(2)12(3)27-20(17)14-8-9-22(4,5)28-21(14)16/h8-9,11-13,26H,6-7,10H2,1-5H3,(H,23,24)/t11-,12+,13?/m1/s1. The zero-order valence-electron chi connectivity index (χ0n) is 17.0. The van der Waals surface area contributed by atoms with Gasteiger partial charge in [-0.25, -0.2) is 0 Å². The monoisotopic (exact) mass is 388 g/mol. The number of phenolic OH excluding ortho intramolecular Hbond substituents is 1. The molecule has 0 radical (unpaired) electrons. The number of carbonyl (C=O) groups is 2. The van der Waals surface area contributed by atoms with E-state index < -0.39 is 23.4 Å². The first-order valence-corrected chi connectivity index (χ1v) is 9.81. The number of ether oxygens (including phenoxy) is 2. The number of aliphatic carboxylic acids is 1. The van der Waals surface area contributed by atoms with Gasteiger partial charge in [0, 0.05) is 11.5 Å². The van der Waals surface area contributed by atoms with E-state index in [0.29, 0.717) is 29.0 Å². The lowest BCUT2D eigenvalue weighted by atomic mass is 9.81. The molecule has 0 amide bonds. The lowest BCUT2D eigenvalue weighted by molar-refractivity contribution is -0.137. The molecule has 28 heavy (non-hydrogen) atoms. The number of hydrogen-bond donors (Lipinski definition) is 2. The van der Waals surface area contributed by atoms with Crippen molar-refractivity contribution in [3.63, 3.8) is 0 Å². The number of rotatable bonds is 5. The summed E-state index contributed by atoms with van der Waals surface area (Å²) >= 11 is 0. The highest BCUT2D eigenvalue weighted by molar-refractivity contribution is 6.06. The molecule has 0 aliphatic carbocycles. The lowest BCUT2D eigenvalue weighted by Gasteiger charge is -2.36. The van der Waals surface area contributed by atoms with Crippen LogP contribution in [-0.4, -0.2) is 33.7 Å². The number of carboxylic acids is 1. The summed E-state index contributed by atoms with van der Waals surface area (Å²) in [5.74, 6) is -1.49. The number of carboxylic acid groups (broad SMARTS) is 1. The maximum absolute atomic E-state index is 13.0. The van der Waals surface area contributed by atoms with Crippen molar-refractivity contribution < 1.29 is 29.3 Å². The molecule has 1 unspecified atom stereocenters. The Morgan fingerprint density at radius 2 is 1.96 bits per heavy atom. The average molecular weight is 388 g/mol. The summed E-state index contributed by atoms with van der Waals surface area (Å²) in [5.41, 5.74) is 0.508. The maximum Gasteiger partial charge on any atom is 0.303 e. The number of benzene rings is 1. The van der Waals surface area contributed by atoms with Gasteiger partial charge in [0.1, 0.15) is 34.5 Å². The summed E-state index contributed by atoms with van der Waals surface area (Å²) in [6.07, 6.45) is 4.53. The van der Waals surface area contributed by atoms with Crippen molar-refractivity contribution in [3.8, 4) is 17.2 Å². The number of Topliss-reactive ketones (excluding diaryl/α,β-unsaturated/α-hetero) is 1. The molecule has 3 atom stereocenters. The second-order valence-electron chi connectivity index (χ2n) is 8.31. The normalized spacial score (nSPS) is 23.2. The largest absolute Gasteiger partial charge is 0.507 e. The molecule has 0 saturated heterocycles. The smallest absolute Gasteiger partial charge is 0.303 e. The SMILES string of the molecule is CCCC(CC(=O)O)c1c(O)c2c(c3c1OC(C)(C)C=C3)O[C@@H](C)[C@@H](C)C2=O. The average Bonchev–Trinajstić information content (AvgIpc) is 2.58. The van der Waals surface area contributed by atoms with Gasteiger partial charge in [0.2, 0.25) is 0 Å². The summed E-state index contributed by atoms with van der Waals surface area (Å²) in [6.45, 7) is 9.32. The van der Waals surface area contributed by atoms with Crippen LogP contribution in [0.15, 0.2) is 6.08 Å². The molecule has 1 aromatic rings. The van der Waals surface area contributed by atoms with Crippen molar-refractivity contribution in [2.24, 2.45) is 5.92 Å². The third kappa shape index (κ3) is 3.36. The summed E-state index contributed by atoms with van der Waals surface area (Å²) in [6, 6.07) is 0. The molecule has 152 valence electrons. The number of fused-ring (bicyclic) bond motifs is 3. The minimum Gasteiger partial charge on any atom is -0.507 e. The molecule has 0 bridgehead atoms. The third-order valence-corrected chi connectivity index (χ3v) is 5.60. The van der Waals surface area contributed by atoms with E-state index in [-0.39, 0.29) is 29.6 Å². The van der Waals surface area contributed by atoms with Gasteiger partial charge in [0.25, 0.3) is 0 Å². The first-order chi connectivity index (χ1) is 13.1. The number of hydrogen-bond acceptors (Lipinski definition) is 5. The minimum absolute atomic E-state index is 0.138. The summed E-state index contributed by atoms with van der Waals surface area (Å²) < 4.78 is 12.2. The highest BCUT2D eigenvalue weighted by Gasteiger charge is 2.41. The van der Waals surface area contributed by atoms with E-state index in [0.717, 1.165) is 6.42 Å². The fraction of sp³-hybridized carbons (Fsp3) is 0.545. The van der Waals surface area contributed by atoms with Crippen molar-refractivity contribution in [3.05, 3.63) is 22.8 Å². The van der Waals surface area contributed by atoms with E-state index in [1.54, 1.807) is 6.92 Å². The van der Waals surface area contributed by atoms with Crippen LogP contribution in [0, 0.1) is 5.92 Å². The second kappa shape index (κ2) is 7.15. The van der Waals surface area contributed by atoms with E-state index in [9.17, 15) is 19.8 Å². The van der Waals surface area contributed by atoms with Crippen LogP contribution in [-0.2, 0) is 4.79 Å². The highest BCUT2D eigenvalue weighted by Crippen LogP contribution is 2.53. The Kier molecular flexibility index (Phi) is 5.17. The molecule has 0 aromatic heterocycles. The van der Waals surface area contributed by atoms with Crippen LogP contribution < -0.4 is 9.47 Å². The van der Waals surface area contributed by atoms with Gasteiger partial charge < -0.3 is 19.7 Å². The Bertz CT molecular complexity index is 851. The maximum atomic E-state index is 13.0. The van der Waals surface area contributed by atoms with Gasteiger partial charge in [0.15, 0.2) is 5.78 Å². The Morgan fingerprint density at radius 3 is 2.57 bits per heavy atom. The van der Waals surface area contributed by atoms with Crippen molar-refractivity contribution in [1.29, 1.82) is 0 Å². The Morgan fingerprint density at radius 1 is 1.29 bits per heavy atom. The zero-order valence-corrected chi connectivity index (χ0v) is 17.0. The van der Waals surface area contributed by atoms with E-state index in [1.807, 2.05) is 39.8 Å². The van der Waals surface area contributed by atoms with Crippen LogP contribution in [0.1, 0.15) is 81.3 Å². The van der Waals surface area contributed by atoms with Gasteiger partial charge in [-0.3, -0.25) is 9.59 Å². The Balaban J connectivity index is 2.32. The van der Waals surface area contributed by atoms with E-state index in [1.165, 1.54) is 0 Å². The van der Waals surface area contributed by atoms with Gasteiger partial charge >= 0.3 is 5.97 Å². The molecular weight excluding hydrogens is 360 g/mol. The quantitative estimate of drug-likeness (QED) is 0.769. The van der Waals surface area contributed by atoms with Crippen molar-refractivity contribution in [1.82, 2.24) is 0 Å². The molecule has 0 spiro atoms.